The van der Waals surface area contributed by atoms with E-state index in [-0.39, 0.29) is 0 Å². The van der Waals surface area contributed by atoms with E-state index in [0.717, 1.165) is 18.4 Å². The maximum Gasteiger partial charge on any atom is 0.0351 e. The van der Waals surface area contributed by atoms with E-state index in [0.29, 0.717) is 6.04 Å². The number of hydrogen-bond donors (Lipinski definition) is 1. The molecule has 1 unspecified atom stereocenters. The third-order valence-corrected chi connectivity index (χ3v) is 5.13. The molecule has 112 valence electrons. The van der Waals surface area contributed by atoms with Gasteiger partial charge >= 0.3 is 0 Å². The second-order valence-electron chi connectivity index (χ2n) is 6.74. The fraction of sp³-hybridized carbons (Fsp3) is 0.684. The van der Waals surface area contributed by atoms with Crippen molar-refractivity contribution in [3.05, 3.63) is 34.9 Å². The molecule has 1 aromatic carbocycles. The highest BCUT2D eigenvalue weighted by atomic mass is 14.9. The van der Waals surface area contributed by atoms with Gasteiger partial charge in [-0.05, 0) is 68.2 Å². The summed E-state index contributed by atoms with van der Waals surface area (Å²) in [4.78, 5) is 0. The Morgan fingerprint density at radius 2 is 1.85 bits per heavy atom. The fourth-order valence-corrected chi connectivity index (χ4v) is 3.56. The lowest BCUT2D eigenvalue weighted by atomic mass is 9.76. The van der Waals surface area contributed by atoms with Gasteiger partial charge in [0.05, 0.1) is 0 Å². The van der Waals surface area contributed by atoms with Crippen molar-refractivity contribution in [2.24, 2.45) is 11.8 Å². The number of benzene rings is 1. The van der Waals surface area contributed by atoms with Crippen molar-refractivity contribution in [2.75, 3.05) is 6.54 Å². The lowest BCUT2D eigenvalue weighted by molar-refractivity contribution is 0.231. The lowest BCUT2D eigenvalue weighted by Crippen LogP contribution is -2.32. The molecule has 0 radical (unpaired) electrons. The first kappa shape index (κ1) is 15.6. The molecule has 0 aliphatic heterocycles. The Morgan fingerprint density at radius 1 is 1.15 bits per heavy atom. The predicted octanol–water partition coefficient (Wildman–Crippen LogP) is 5.17. The summed E-state index contributed by atoms with van der Waals surface area (Å²) in [6.07, 6.45) is 6.79. The molecule has 1 aromatic rings. The van der Waals surface area contributed by atoms with Crippen LogP contribution in [0.1, 0.15) is 68.7 Å². The molecule has 0 heterocycles. The smallest absolute Gasteiger partial charge is 0.0351 e. The fourth-order valence-electron chi connectivity index (χ4n) is 3.56. The van der Waals surface area contributed by atoms with Crippen molar-refractivity contribution in [1.82, 2.24) is 5.32 Å². The first-order valence-corrected chi connectivity index (χ1v) is 8.43. The second-order valence-corrected chi connectivity index (χ2v) is 6.74. The van der Waals surface area contributed by atoms with Gasteiger partial charge in [0, 0.05) is 6.04 Å². The molecule has 20 heavy (non-hydrogen) atoms. The summed E-state index contributed by atoms with van der Waals surface area (Å²) in [6, 6.07) is 7.36. The van der Waals surface area contributed by atoms with Crippen LogP contribution < -0.4 is 5.32 Å². The Kier molecular flexibility index (Phi) is 5.65. The van der Waals surface area contributed by atoms with Crippen LogP contribution in [0, 0.1) is 25.7 Å². The molecule has 1 N–H and O–H groups in total. The monoisotopic (exact) mass is 273 g/mol. The van der Waals surface area contributed by atoms with Crippen molar-refractivity contribution >= 4 is 0 Å². The molecule has 0 spiro atoms. The third-order valence-electron chi connectivity index (χ3n) is 5.13. The van der Waals surface area contributed by atoms with Gasteiger partial charge in [0.15, 0.2) is 0 Å². The van der Waals surface area contributed by atoms with Gasteiger partial charge in [0.2, 0.25) is 0 Å². The van der Waals surface area contributed by atoms with E-state index in [4.69, 9.17) is 0 Å². The van der Waals surface area contributed by atoms with Gasteiger partial charge in [0.1, 0.15) is 0 Å². The molecule has 1 nitrogen and oxygen atoms in total. The van der Waals surface area contributed by atoms with Crippen LogP contribution in [0.15, 0.2) is 18.2 Å². The summed E-state index contributed by atoms with van der Waals surface area (Å²) >= 11 is 0. The molecular weight excluding hydrogens is 242 g/mol. The van der Waals surface area contributed by atoms with E-state index >= 15 is 0 Å². The largest absolute Gasteiger partial charge is 0.310 e. The molecule has 0 aromatic heterocycles. The summed E-state index contributed by atoms with van der Waals surface area (Å²) in [5, 5.41) is 3.84. The van der Waals surface area contributed by atoms with Crippen molar-refractivity contribution < 1.29 is 0 Å². The van der Waals surface area contributed by atoms with E-state index in [2.05, 4.69) is 51.2 Å². The van der Waals surface area contributed by atoms with Gasteiger partial charge in [-0.15, -0.1) is 0 Å². The minimum Gasteiger partial charge on any atom is -0.310 e. The van der Waals surface area contributed by atoms with Crippen LogP contribution in [0.25, 0.3) is 0 Å². The normalized spacial score (nSPS) is 24.6. The quantitative estimate of drug-likeness (QED) is 0.780. The third kappa shape index (κ3) is 3.63. The Balaban J connectivity index is 2.20. The van der Waals surface area contributed by atoms with Crippen LogP contribution in [0.3, 0.4) is 0 Å². The maximum absolute atomic E-state index is 3.84. The minimum atomic E-state index is 0.558. The van der Waals surface area contributed by atoms with Gasteiger partial charge < -0.3 is 5.32 Å². The molecule has 1 aliphatic rings. The van der Waals surface area contributed by atoms with Crippen LogP contribution in [0.2, 0.25) is 0 Å². The summed E-state index contributed by atoms with van der Waals surface area (Å²) in [5.74, 6) is 1.75. The van der Waals surface area contributed by atoms with E-state index < -0.39 is 0 Å². The predicted molar refractivity (Wildman–Crippen MR) is 88.1 cm³/mol. The average Bonchev–Trinajstić information content (AvgIpc) is 2.45. The maximum atomic E-state index is 3.84. The number of rotatable bonds is 5. The second kappa shape index (κ2) is 7.26. The Hall–Kier alpha value is -0.820. The SMILES string of the molecule is CCCNC(c1cccc(C)c1C)C1CCC(C)CC1. The standard InChI is InChI=1S/C19H31N/c1-5-13-20-19(17-11-9-14(2)10-12-17)18-8-6-7-15(3)16(18)4/h6-8,14,17,19-20H,5,9-13H2,1-4H3. The zero-order chi connectivity index (χ0) is 14.5. The molecule has 0 saturated heterocycles. The zero-order valence-electron chi connectivity index (χ0n) is 13.7. The molecule has 0 bridgehead atoms. The van der Waals surface area contributed by atoms with Crippen LogP contribution in [-0.2, 0) is 0 Å². The highest BCUT2D eigenvalue weighted by Gasteiger charge is 2.27. The number of aryl methyl sites for hydroxylation is 1. The molecule has 1 fully saturated rings. The molecule has 1 atom stereocenters. The van der Waals surface area contributed by atoms with Gasteiger partial charge in [-0.25, -0.2) is 0 Å². The summed E-state index contributed by atoms with van der Waals surface area (Å²) < 4.78 is 0. The van der Waals surface area contributed by atoms with E-state index in [9.17, 15) is 0 Å². The molecule has 1 heteroatoms. The highest BCUT2D eigenvalue weighted by Crippen LogP contribution is 2.38. The van der Waals surface area contributed by atoms with Crippen molar-refractivity contribution in [2.45, 2.75) is 65.8 Å². The summed E-state index contributed by atoms with van der Waals surface area (Å²) in [6.45, 7) is 10.3. The summed E-state index contributed by atoms with van der Waals surface area (Å²) in [7, 11) is 0. The Bertz CT molecular complexity index is 416. The van der Waals surface area contributed by atoms with Crippen molar-refractivity contribution in [3.8, 4) is 0 Å². The van der Waals surface area contributed by atoms with E-state index in [1.54, 1.807) is 0 Å². The van der Waals surface area contributed by atoms with Crippen molar-refractivity contribution in [1.29, 1.82) is 0 Å². The highest BCUT2D eigenvalue weighted by molar-refractivity contribution is 5.35. The molecular formula is C19H31N. The van der Waals surface area contributed by atoms with Crippen molar-refractivity contribution in [3.63, 3.8) is 0 Å². The Labute approximate surface area is 125 Å². The molecule has 2 rings (SSSR count). The van der Waals surface area contributed by atoms with Gasteiger partial charge in [-0.3, -0.25) is 0 Å². The van der Waals surface area contributed by atoms with Crippen LogP contribution in [0.4, 0.5) is 0 Å². The topological polar surface area (TPSA) is 12.0 Å². The van der Waals surface area contributed by atoms with E-state index in [1.165, 1.54) is 48.8 Å². The van der Waals surface area contributed by atoms with Gasteiger partial charge in [-0.1, -0.05) is 44.9 Å². The number of nitrogens with one attached hydrogen (secondary N) is 1. The molecule has 1 aliphatic carbocycles. The van der Waals surface area contributed by atoms with Crippen LogP contribution in [0.5, 0.6) is 0 Å². The first-order valence-electron chi connectivity index (χ1n) is 8.43. The number of hydrogen-bond acceptors (Lipinski definition) is 1. The average molecular weight is 273 g/mol. The van der Waals surface area contributed by atoms with Crippen LogP contribution >= 0.6 is 0 Å². The lowest BCUT2D eigenvalue weighted by Gasteiger charge is -2.34. The molecule has 1 saturated carbocycles. The zero-order valence-corrected chi connectivity index (χ0v) is 13.7. The summed E-state index contributed by atoms with van der Waals surface area (Å²) in [5.41, 5.74) is 4.45. The van der Waals surface area contributed by atoms with Crippen LogP contribution in [-0.4, -0.2) is 6.54 Å². The van der Waals surface area contributed by atoms with Gasteiger partial charge in [0.25, 0.3) is 0 Å². The first-order chi connectivity index (χ1) is 9.63. The van der Waals surface area contributed by atoms with E-state index in [1.807, 2.05) is 0 Å². The van der Waals surface area contributed by atoms with Gasteiger partial charge in [-0.2, -0.15) is 0 Å². The molecule has 0 amide bonds. The minimum absolute atomic E-state index is 0.558. The Morgan fingerprint density at radius 3 is 2.50 bits per heavy atom.